The summed E-state index contributed by atoms with van der Waals surface area (Å²) in [5, 5.41) is 4.64. The van der Waals surface area contributed by atoms with Crippen molar-refractivity contribution in [1.82, 2.24) is 10.6 Å². The van der Waals surface area contributed by atoms with Gasteiger partial charge in [0, 0.05) is 6.92 Å². The molecule has 2 N–H and O–H groups in total. The maximum atomic E-state index is 11.1. The predicted octanol–water partition coefficient (Wildman–Crippen LogP) is 0.216. The molecule has 6 heteroatoms. The van der Waals surface area contributed by atoms with Crippen LogP contribution in [0, 0.1) is 0 Å². The lowest BCUT2D eigenvalue weighted by Gasteiger charge is -2.19. The van der Waals surface area contributed by atoms with E-state index in [1.165, 1.54) is 6.92 Å². The van der Waals surface area contributed by atoms with Crippen LogP contribution in [0.5, 0.6) is 0 Å². The van der Waals surface area contributed by atoms with Crippen molar-refractivity contribution in [1.29, 1.82) is 0 Å². The van der Waals surface area contributed by atoms with E-state index in [0.717, 1.165) is 0 Å². The second-order valence-corrected chi connectivity index (χ2v) is 4.30. The van der Waals surface area contributed by atoms with E-state index in [1.807, 2.05) is 0 Å². The van der Waals surface area contributed by atoms with Gasteiger partial charge in [-0.05, 0) is 20.8 Å². The van der Waals surface area contributed by atoms with Crippen LogP contribution in [0.4, 0.5) is 4.79 Å². The van der Waals surface area contributed by atoms with Gasteiger partial charge in [0.05, 0.1) is 13.1 Å². The van der Waals surface area contributed by atoms with Crippen molar-refractivity contribution in [2.24, 2.45) is 0 Å². The average Bonchev–Trinajstić information content (AvgIpc) is 2.08. The van der Waals surface area contributed by atoms with Crippen molar-refractivity contribution in [2.45, 2.75) is 33.3 Å². The smallest absolute Gasteiger partial charge is 0.408 e. The Hall–Kier alpha value is -1.59. The van der Waals surface area contributed by atoms with Gasteiger partial charge in [-0.1, -0.05) is 0 Å². The van der Waals surface area contributed by atoms with E-state index >= 15 is 0 Å². The molecule has 0 radical (unpaired) electrons. The van der Waals surface area contributed by atoms with Gasteiger partial charge in [-0.15, -0.1) is 0 Å². The summed E-state index contributed by atoms with van der Waals surface area (Å²) < 4.78 is 4.92. The molecule has 0 aromatic heterocycles. The van der Waals surface area contributed by atoms with Crippen LogP contribution in [-0.2, 0) is 14.3 Å². The Morgan fingerprint density at radius 1 is 1.06 bits per heavy atom. The molecule has 0 aromatic rings. The molecule has 0 heterocycles. The molecule has 0 aliphatic heterocycles. The number of ketones is 1. The lowest BCUT2D eigenvalue weighted by Crippen LogP contribution is -2.38. The normalized spacial score (nSPS) is 10.5. The molecule has 0 saturated carbocycles. The largest absolute Gasteiger partial charge is 0.444 e. The Balaban J connectivity index is 3.76. The van der Waals surface area contributed by atoms with Crippen molar-refractivity contribution in [2.75, 3.05) is 13.1 Å². The molecular formula is C10H18N2O4. The molecule has 0 spiro atoms. The summed E-state index contributed by atoms with van der Waals surface area (Å²) in [5.74, 6) is -0.577. The van der Waals surface area contributed by atoms with Crippen molar-refractivity contribution >= 4 is 17.8 Å². The summed E-state index contributed by atoms with van der Waals surface area (Å²) in [6, 6.07) is 0. The third-order valence-electron chi connectivity index (χ3n) is 1.36. The average molecular weight is 230 g/mol. The monoisotopic (exact) mass is 230 g/mol. The molecule has 0 fully saturated rings. The van der Waals surface area contributed by atoms with Crippen molar-refractivity contribution < 1.29 is 19.1 Å². The van der Waals surface area contributed by atoms with Gasteiger partial charge in [0.1, 0.15) is 5.60 Å². The maximum absolute atomic E-state index is 11.1. The first-order valence-electron chi connectivity index (χ1n) is 4.93. The Morgan fingerprint density at radius 2 is 1.56 bits per heavy atom. The Bertz CT molecular complexity index is 281. The summed E-state index contributed by atoms with van der Waals surface area (Å²) in [7, 11) is 0. The standard InChI is InChI=1S/C10H18N2O4/c1-7(13)11-5-8(14)6-12-9(15)16-10(2,3)4/h5-6H2,1-4H3,(H,11,13)(H,12,15). The Labute approximate surface area is 94.7 Å². The van der Waals surface area contributed by atoms with Crippen LogP contribution in [-0.4, -0.2) is 36.5 Å². The van der Waals surface area contributed by atoms with Crippen LogP contribution in [0.1, 0.15) is 27.7 Å². The van der Waals surface area contributed by atoms with Crippen LogP contribution < -0.4 is 10.6 Å². The fourth-order valence-electron chi connectivity index (χ4n) is 0.770. The van der Waals surface area contributed by atoms with Crippen molar-refractivity contribution in [3.05, 3.63) is 0 Å². The second kappa shape index (κ2) is 6.09. The summed E-state index contributed by atoms with van der Waals surface area (Å²) >= 11 is 0. The molecule has 0 aromatic carbocycles. The highest BCUT2D eigenvalue weighted by molar-refractivity contribution is 5.88. The second-order valence-electron chi connectivity index (χ2n) is 4.30. The number of Topliss-reactive ketones (excluding diaryl/α,β-unsaturated/α-hetero) is 1. The minimum Gasteiger partial charge on any atom is -0.444 e. The van der Waals surface area contributed by atoms with Gasteiger partial charge in [-0.3, -0.25) is 9.59 Å². The fraction of sp³-hybridized carbons (Fsp3) is 0.700. The van der Waals surface area contributed by atoms with Gasteiger partial charge in [0.25, 0.3) is 0 Å². The summed E-state index contributed by atoms with van der Waals surface area (Å²) in [5.41, 5.74) is -0.592. The van der Waals surface area contributed by atoms with Gasteiger partial charge >= 0.3 is 6.09 Å². The number of ether oxygens (including phenoxy) is 1. The van der Waals surface area contributed by atoms with E-state index < -0.39 is 11.7 Å². The lowest BCUT2D eigenvalue weighted by molar-refractivity contribution is -0.123. The minimum absolute atomic E-state index is 0.0921. The lowest BCUT2D eigenvalue weighted by atomic mass is 10.2. The zero-order valence-corrected chi connectivity index (χ0v) is 10.0. The molecule has 16 heavy (non-hydrogen) atoms. The predicted molar refractivity (Wildman–Crippen MR) is 57.9 cm³/mol. The summed E-state index contributed by atoms with van der Waals surface area (Å²) in [6.07, 6.45) is -0.649. The highest BCUT2D eigenvalue weighted by Crippen LogP contribution is 2.05. The van der Waals surface area contributed by atoms with Crippen LogP contribution >= 0.6 is 0 Å². The molecule has 2 amide bonds. The van der Waals surface area contributed by atoms with Gasteiger partial charge in [-0.25, -0.2) is 4.79 Å². The molecule has 92 valence electrons. The zero-order valence-electron chi connectivity index (χ0n) is 10.0. The van der Waals surface area contributed by atoms with Crippen LogP contribution in [0.3, 0.4) is 0 Å². The molecule has 0 aliphatic rings. The Morgan fingerprint density at radius 3 is 2.00 bits per heavy atom. The zero-order chi connectivity index (χ0) is 12.8. The van der Waals surface area contributed by atoms with E-state index in [9.17, 15) is 14.4 Å². The third kappa shape index (κ3) is 8.98. The van der Waals surface area contributed by atoms with Crippen LogP contribution in [0.25, 0.3) is 0 Å². The van der Waals surface area contributed by atoms with E-state index in [2.05, 4.69) is 10.6 Å². The first kappa shape index (κ1) is 14.4. The molecule has 0 unspecified atom stereocenters. The van der Waals surface area contributed by atoms with Crippen molar-refractivity contribution in [3.8, 4) is 0 Å². The molecule has 0 rings (SSSR count). The van der Waals surface area contributed by atoms with Gasteiger partial charge in [0.15, 0.2) is 5.78 Å². The number of carbonyl (C=O) groups excluding carboxylic acids is 3. The topological polar surface area (TPSA) is 84.5 Å². The number of carbonyl (C=O) groups is 3. The molecule has 0 aliphatic carbocycles. The number of alkyl carbamates (subject to hydrolysis) is 1. The maximum Gasteiger partial charge on any atom is 0.408 e. The SMILES string of the molecule is CC(=O)NCC(=O)CNC(=O)OC(C)(C)C. The number of nitrogens with one attached hydrogen (secondary N) is 2. The van der Waals surface area contributed by atoms with Crippen molar-refractivity contribution in [3.63, 3.8) is 0 Å². The van der Waals surface area contributed by atoms with Gasteiger partial charge < -0.3 is 15.4 Å². The fourth-order valence-corrected chi connectivity index (χ4v) is 0.770. The molecule has 0 atom stereocenters. The summed E-state index contributed by atoms with van der Waals surface area (Å²) in [6.45, 7) is 6.25. The minimum atomic E-state index is -0.649. The molecule has 0 bridgehead atoms. The van der Waals surface area contributed by atoms with Crippen LogP contribution in [0.15, 0.2) is 0 Å². The van der Waals surface area contributed by atoms with E-state index in [4.69, 9.17) is 4.74 Å². The van der Waals surface area contributed by atoms with Gasteiger partial charge in [0.2, 0.25) is 5.91 Å². The number of amides is 2. The van der Waals surface area contributed by atoms with E-state index in [0.29, 0.717) is 0 Å². The number of hydrogen-bond donors (Lipinski definition) is 2. The van der Waals surface area contributed by atoms with E-state index in [-0.39, 0.29) is 24.8 Å². The molecule has 6 nitrogen and oxygen atoms in total. The first-order chi connectivity index (χ1) is 7.20. The molecular weight excluding hydrogens is 212 g/mol. The molecule has 0 saturated heterocycles. The third-order valence-corrected chi connectivity index (χ3v) is 1.36. The first-order valence-corrected chi connectivity index (χ1v) is 4.93. The summed E-state index contributed by atoms with van der Waals surface area (Å²) in [4.78, 5) is 32.8. The van der Waals surface area contributed by atoms with Gasteiger partial charge in [-0.2, -0.15) is 0 Å². The van der Waals surface area contributed by atoms with E-state index in [1.54, 1.807) is 20.8 Å². The quantitative estimate of drug-likeness (QED) is 0.723. The Kier molecular flexibility index (Phi) is 5.49. The number of hydrogen-bond acceptors (Lipinski definition) is 4. The number of rotatable bonds is 4. The highest BCUT2D eigenvalue weighted by Gasteiger charge is 2.16. The highest BCUT2D eigenvalue weighted by atomic mass is 16.6. The van der Waals surface area contributed by atoms with Crippen LogP contribution in [0.2, 0.25) is 0 Å².